The van der Waals surface area contributed by atoms with Crippen molar-refractivity contribution < 1.29 is 14.3 Å². The predicted molar refractivity (Wildman–Crippen MR) is 92.7 cm³/mol. The first kappa shape index (κ1) is 18.3. The van der Waals surface area contributed by atoms with Crippen LogP contribution in [0.25, 0.3) is 0 Å². The van der Waals surface area contributed by atoms with E-state index in [1.165, 1.54) is 0 Å². The Balaban J connectivity index is 1.76. The van der Waals surface area contributed by atoms with E-state index in [-0.39, 0.29) is 17.9 Å². The van der Waals surface area contributed by atoms with Gasteiger partial charge >= 0.3 is 0 Å². The third kappa shape index (κ3) is 5.23. The minimum Gasteiger partial charge on any atom is -0.497 e. The average molecular weight is 333 g/mol. The minimum absolute atomic E-state index is 0.00653. The number of carbonyl (C=O) groups excluding carboxylic acids is 2. The molecule has 0 spiro atoms. The lowest BCUT2D eigenvalue weighted by Gasteiger charge is -2.34. The van der Waals surface area contributed by atoms with E-state index in [4.69, 9.17) is 4.74 Å². The molecule has 1 aliphatic rings. The van der Waals surface area contributed by atoms with Gasteiger partial charge in [-0.05, 0) is 37.1 Å². The fraction of sp³-hybridized carbons (Fsp3) is 0.556. The topological polar surface area (TPSA) is 70.7 Å². The van der Waals surface area contributed by atoms with E-state index in [9.17, 15) is 9.59 Å². The van der Waals surface area contributed by atoms with Gasteiger partial charge in [-0.25, -0.2) is 0 Å². The second kappa shape index (κ2) is 9.27. The number of likely N-dealkylation sites (tertiary alicyclic amines) is 1. The second-order valence-corrected chi connectivity index (χ2v) is 6.04. The van der Waals surface area contributed by atoms with E-state index in [2.05, 4.69) is 15.5 Å². The number of piperidine rings is 1. The van der Waals surface area contributed by atoms with Gasteiger partial charge < -0.3 is 15.4 Å². The Labute approximate surface area is 143 Å². The van der Waals surface area contributed by atoms with Crippen molar-refractivity contribution in [2.24, 2.45) is 0 Å². The molecule has 0 aromatic heterocycles. The zero-order valence-corrected chi connectivity index (χ0v) is 14.5. The molecular weight excluding hydrogens is 306 g/mol. The summed E-state index contributed by atoms with van der Waals surface area (Å²) in [6, 6.07) is 7.53. The second-order valence-electron chi connectivity index (χ2n) is 6.04. The number of likely N-dealkylation sites (N-methyl/N-ethyl adjacent to an activating group) is 1. The summed E-state index contributed by atoms with van der Waals surface area (Å²) in [7, 11) is 3.29. The van der Waals surface area contributed by atoms with Crippen molar-refractivity contribution in [2.75, 3.05) is 27.2 Å². The lowest BCUT2D eigenvalue weighted by Crippen LogP contribution is -2.49. The molecule has 0 radical (unpaired) electrons. The summed E-state index contributed by atoms with van der Waals surface area (Å²) in [5.74, 6) is 0.857. The van der Waals surface area contributed by atoms with Gasteiger partial charge in [0.05, 0.1) is 13.2 Å². The van der Waals surface area contributed by atoms with Crippen LogP contribution < -0.4 is 15.4 Å². The number of ether oxygens (including phenoxy) is 1. The molecule has 6 heteroatoms. The first-order valence-corrected chi connectivity index (χ1v) is 8.49. The summed E-state index contributed by atoms with van der Waals surface area (Å²) in [5.41, 5.74) is 1.03. The van der Waals surface area contributed by atoms with Gasteiger partial charge in [-0.1, -0.05) is 18.6 Å². The number of carbonyl (C=O) groups is 2. The highest BCUT2D eigenvalue weighted by molar-refractivity contribution is 5.81. The molecule has 1 saturated heterocycles. The van der Waals surface area contributed by atoms with Crippen LogP contribution in [0.15, 0.2) is 24.3 Å². The average Bonchev–Trinajstić information content (AvgIpc) is 2.64. The van der Waals surface area contributed by atoms with Crippen LogP contribution >= 0.6 is 0 Å². The molecule has 1 aromatic carbocycles. The van der Waals surface area contributed by atoms with Crippen LogP contribution in [-0.4, -0.2) is 50.0 Å². The van der Waals surface area contributed by atoms with Crippen LogP contribution in [0.5, 0.6) is 5.75 Å². The fourth-order valence-corrected chi connectivity index (χ4v) is 3.00. The zero-order valence-electron chi connectivity index (χ0n) is 14.5. The lowest BCUT2D eigenvalue weighted by atomic mass is 10.0. The Hall–Kier alpha value is -2.08. The van der Waals surface area contributed by atoms with Gasteiger partial charge in [0.15, 0.2) is 0 Å². The number of hydrogen-bond acceptors (Lipinski definition) is 4. The molecule has 1 atom stereocenters. The van der Waals surface area contributed by atoms with E-state index >= 15 is 0 Å². The lowest BCUT2D eigenvalue weighted by molar-refractivity contribution is -0.128. The highest BCUT2D eigenvalue weighted by Gasteiger charge is 2.27. The molecule has 1 aromatic rings. The summed E-state index contributed by atoms with van der Waals surface area (Å²) in [6.45, 7) is 2.00. The molecule has 0 saturated carbocycles. The maximum atomic E-state index is 12.1. The first-order chi connectivity index (χ1) is 11.6. The molecule has 1 aliphatic heterocycles. The summed E-state index contributed by atoms with van der Waals surface area (Å²) >= 11 is 0. The molecule has 2 rings (SSSR count). The third-order valence-electron chi connectivity index (χ3n) is 4.44. The van der Waals surface area contributed by atoms with Crippen LogP contribution in [0.2, 0.25) is 0 Å². The monoisotopic (exact) mass is 333 g/mol. The van der Waals surface area contributed by atoms with Gasteiger partial charge in [0.25, 0.3) is 0 Å². The van der Waals surface area contributed by atoms with Crippen LogP contribution in [-0.2, 0) is 16.1 Å². The highest BCUT2D eigenvalue weighted by Crippen LogP contribution is 2.17. The molecule has 2 N–H and O–H groups in total. The minimum atomic E-state index is -0.0989. The number of amides is 2. The molecule has 2 amide bonds. The quantitative estimate of drug-likeness (QED) is 0.789. The predicted octanol–water partition coefficient (Wildman–Crippen LogP) is 1.30. The van der Waals surface area contributed by atoms with Crippen molar-refractivity contribution in [3.63, 3.8) is 0 Å². The Bertz CT molecular complexity index is 545. The van der Waals surface area contributed by atoms with Gasteiger partial charge in [0, 0.05) is 26.6 Å². The number of rotatable bonds is 7. The molecule has 132 valence electrons. The van der Waals surface area contributed by atoms with E-state index in [1.807, 2.05) is 24.3 Å². The summed E-state index contributed by atoms with van der Waals surface area (Å²) in [6.07, 6.45) is 3.43. The van der Waals surface area contributed by atoms with Gasteiger partial charge in [-0.15, -0.1) is 0 Å². The van der Waals surface area contributed by atoms with E-state index in [1.54, 1.807) is 14.2 Å². The Morgan fingerprint density at radius 2 is 2.00 bits per heavy atom. The summed E-state index contributed by atoms with van der Waals surface area (Å²) in [4.78, 5) is 26.1. The molecule has 0 bridgehead atoms. The maximum Gasteiger partial charge on any atom is 0.237 e. The molecule has 1 unspecified atom stereocenters. The molecule has 1 heterocycles. The fourth-order valence-electron chi connectivity index (χ4n) is 3.00. The van der Waals surface area contributed by atoms with Gasteiger partial charge in [0.1, 0.15) is 5.75 Å². The van der Waals surface area contributed by atoms with Gasteiger partial charge in [-0.2, -0.15) is 0 Å². The normalized spacial score (nSPS) is 18.0. The molecular formula is C18H27N3O3. The Morgan fingerprint density at radius 3 is 2.67 bits per heavy atom. The molecule has 1 fully saturated rings. The SMILES string of the molecule is CNC(=O)C1CCCCN1CCC(=O)NCc1ccc(OC)cc1. The molecule has 6 nitrogen and oxygen atoms in total. The van der Waals surface area contributed by atoms with Crippen molar-refractivity contribution in [1.29, 1.82) is 0 Å². The summed E-state index contributed by atoms with van der Waals surface area (Å²) in [5, 5.41) is 5.64. The number of methoxy groups -OCH3 is 1. The van der Waals surface area contributed by atoms with Gasteiger partial charge in [-0.3, -0.25) is 14.5 Å². The van der Waals surface area contributed by atoms with Crippen molar-refractivity contribution in [3.8, 4) is 5.75 Å². The van der Waals surface area contributed by atoms with E-state index < -0.39 is 0 Å². The van der Waals surface area contributed by atoms with Crippen molar-refractivity contribution in [3.05, 3.63) is 29.8 Å². The third-order valence-corrected chi connectivity index (χ3v) is 4.44. The standard InChI is InChI=1S/C18H27N3O3/c1-19-18(23)16-5-3-4-11-21(16)12-10-17(22)20-13-14-6-8-15(24-2)9-7-14/h6-9,16H,3-5,10-13H2,1-2H3,(H,19,23)(H,20,22). The van der Waals surface area contributed by atoms with Crippen LogP contribution in [0.1, 0.15) is 31.2 Å². The van der Waals surface area contributed by atoms with Crippen molar-refractivity contribution in [1.82, 2.24) is 15.5 Å². The number of hydrogen-bond donors (Lipinski definition) is 2. The number of nitrogens with one attached hydrogen (secondary N) is 2. The number of benzene rings is 1. The summed E-state index contributed by atoms with van der Waals surface area (Å²) < 4.78 is 5.11. The first-order valence-electron chi connectivity index (χ1n) is 8.49. The van der Waals surface area contributed by atoms with Crippen LogP contribution in [0.3, 0.4) is 0 Å². The smallest absolute Gasteiger partial charge is 0.237 e. The maximum absolute atomic E-state index is 12.1. The van der Waals surface area contributed by atoms with Crippen LogP contribution in [0, 0.1) is 0 Å². The largest absolute Gasteiger partial charge is 0.497 e. The van der Waals surface area contributed by atoms with E-state index in [0.29, 0.717) is 19.5 Å². The van der Waals surface area contributed by atoms with Gasteiger partial charge in [0.2, 0.25) is 11.8 Å². The Morgan fingerprint density at radius 1 is 1.25 bits per heavy atom. The molecule has 24 heavy (non-hydrogen) atoms. The zero-order chi connectivity index (χ0) is 17.4. The van der Waals surface area contributed by atoms with Crippen molar-refractivity contribution in [2.45, 2.75) is 38.3 Å². The van der Waals surface area contributed by atoms with Crippen LogP contribution in [0.4, 0.5) is 0 Å². The molecule has 0 aliphatic carbocycles. The van der Waals surface area contributed by atoms with Crippen molar-refractivity contribution >= 4 is 11.8 Å². The Kier molecular flexibility index (Phi) is 7.06. The highest BCUT2D eigenvalue weighted by atomic mass is 16.5. The van der Waals surface area contributed by atoms with E-state index in [0.717, 1.165) is 37.1 Å². The number of nitrogens with zero attached hydrogens (tertiary/aromatic N) is 1.